The summed E-state index contributed by atoms with van der Waals surface area (Å²) in [5.74, 6) is 3.45. The zero-order valence-corrected chi connectivity index (χ0v) is 7.82. The van der Waals surface area contributed by atoms with Gasteiger partial charge < -0.3 is 0 Å². The second-order valence-electron chi connectivity index (χ2n) is 2.71. The lowest BCUT2D eigenvalue weighted by Crippen LogP contribution is -2.17. The van der Waals surface area contributed by atoms with Crippen molar-refractivity contribution in [2.45, 2.75) is 26.4 Å². The summed E-state index contributed by atoms with van der Waals surface area (Å²) in [5, 5.41) is 7.18. The highest BCUT2D eigenvalue weighted by Crippen LogP contribution is 1.94. The van der Waals surface area contributed by atoms with Crippen molar-refractivity contribution in [2.75, 3.05) is 6.54 Å². The first kappa shape index (κ1) is 9.75. The second-order valence-corrected chi connectivity index (χ2v) is 2.71. The van der Waals surface area contributed by atoms with E-state index in [1.54, 1.807) is 6.33 Å². The van der Waals surface area contributed by atoms with Gasteiger partial charge in [0.05, 0.1) is 13.1 Å². The third kappa shape index (κ3) is 2.88. The van der Waals surface area contributed by atoms with Crippen molar-refractivity contribution in [1.29, 1.82) is 0 Å². The molecule has 0 unspecified atom stereocenters. The van der Waals surface area contributed by atoms with Crippen molar-refractivity contribution in [2.24, 2.45) is 0 Å². The highest BCUT2D eigenvalue weighted by molar-refractivity contribution is 4.89. The van der Waals surface area contributed by atoms with Crippen molar-refractivity contribution in [3.63, 3.8) is 0 Å². The lowest BCUT2D eigenvalue weighted by molar-refractivity contribution is 0.552. The van der Waals surface area contributed by atoms with Crippen LogP contribution >= 0.6 is 0 Å². The summed E-state index contributed by atoms with van der Waals surface area (Å²) in [5.41, 5.74) is 0. The highest BCUT2D eigenvalue weighted by Gasteiger charge is 2.00. The summed E-state index contributed by atoms with van der Waals surface area (Å²) < 4.78 is 1.89. The third-order valence-corrected chi connectivity index (χ3v) is 1.64. The zero-order valence-electron chi connectivity index (χ0n) is 7.82. The molecule has 0 aliphatic rings. The molecule has 1 N–H and O–H groups in total. The molecule has 13 heavy (non-hydrogen) atoms. The van der Waals surface area contributed by atoms with E-state index in [2.05, 4.69) is 28.2 Å². The van der Waals surface area contributed by atoms with Crippen LogP contribution in [0.2, 0.25) is 0 Å². The molecule has 0 amide bonds. The maximum atomic E-state index is 5.11. The second kappa shape index (κ2) is 5.33. The van der Waals surface area contributed by atoms with Crippen LogP contribution in [0.1, 0.15) is 19.2 Å². The molecule has 0 saturated carbocycles. The van der Waals surface area contributed by atoms with E-state index in [-0.39, 0.29) is 0 Å². The van der Waals surface area contributed by atoms with Crippen LogP contribution in [-0.2, 0) is 13.1 Å². The number of aromatic nitrogens is 3. The summed E-state index contributed by atoms with van der Waals surface area (Å²) in [7, 11) is 0. The molecule has 70 valence electrons. The van der Waals surface area contributed by atoms with Gasteiger partial charge in [0.1, 0.15) is 12.2 Å². The van der Waals surface area contributed by atoms with Gasteiger partial charge in [-0.25, -0.2) is 9.67 Å². The van der Waals surface area contributed by atoms with Gasteiger partial charge in [-0.05, 0) is 6.42 Å². The van der Waals surface area contributed by atoms with Crippen molar-refractivity contribution in [1.82, 2.24) is 20.1 Å². The Morgan fingerprint density at radius 3 is 3.23 bits per heavy atom. The fourth-order valence-corrected chi connectivity index (χ4v) is 1.07. The van der Waals surface area contributed by atoms with Crippen molar-refractivity contribution in [3.8, 4) is 12.3 Å². The molecule has 0 radical (unpaired) electrons. The quantitative estimate of drug-likeness (QED) is 0.524. The molecular formula is C9H14N4. The molecule has 1 aromatic heterocycles. The van der Waals surface area contributed by atoms with Crippen LogP contribution in [-0.4, -0.2) is 21.3 Å². The molecule has 1 rings (SSSR count). The molecule has 0 bridgehead atoms. The maximum Gasteiger partial charge on any atom is 0.140 e. The van der Waals surface area contributed by atoms with Crippen LogP contribution in [0, 0.1) is 12.3 Å². The predicted octanol–water partition coefficient (Wildman–Crippen LogP) is 0.411. The van der Waals surface area contributed by atoms with Crippen LogP contribution in [0.4, 0.5) is 0 Å². The van der Waals surface area contributed by atoms with E-state index in [1.165, 1.54) is 0 Å². The lowest BCUT2D eigenvalue weighted by Gasteiger charge is -2.03. The Bertz CT molecular complexity index is 284. The first-order chi connectivity index (χ1) is 6.38. The molecular weight excluding hydrogens is 164 g/mol. The Kier molecular flexibility index (Phi) is 4.00. The molecule has 0 fully saturated rings. The lowest BCUT2D eigenvalue weighted by atomic mass is 10.4. The molecule has 0 saturated heterocycles. The van der Waals surface area contributed by atoms with Gasteiger partial charge in [-0.2, -0.15) is 5.10 Å². The molecule has 4 heteroatoms. The Hall–Kier alpha value is -1.34. The standard InChI is InChI=1S/C9H14N4/c1-3-5-10-7-9-11-8-12-13(9)6-4-2/h1,8,10H,4-7H2,2H3. The first-order valence-corrected chi connectivity index (χ1v) is 4.39. The number of hydrogen-bond acceptors (Lipinski definition) is 3. The summed E-state index contributed by atoms with van der Waals surface area (Å²) in [6, 6.07) is 0. The molecule has 0 aromatic carbocycles. The average molecular weight is 178 g/mol. The van der Waals surface area contributed by atoms with Gasteiger partial charge in [0.2, 0.25) is 0 Å². The van der Waals surface area contributed by atoms with E-state index in [0.717, 1.165) is 18.8 Å². The van der Waals surface area contributed by atoms with Crippen LogP contribution < -0.4 is 5.32 Å². The van der Waals surface area contributed by atoms with Crippen molar-refractivity contribution >= 4 is 0 Å². The smallest absolute Gasteiger partial charge is 0.140 e. The number of rotatable bonds is 5. The Labute approximate surface area is 78.4 Å². The zero-order chi connectivity index (χ0) is 9.52. The van der Waals surface area contributed by atoms with Crippen LogP contribution in [0.15, 0.2) is 6.33 Å². The molecule has 0 aliphatic carbocycles. The Morgan fingerprint density at radius 2 is 2.54 bits per heavy atom. The largest absolute Gasteiger partial charge is 0.299 e. The Morgan fingerprint density at radius 1 is 1.69 bits per heavy atom. The fraction of sp³-hybridized carbons (Fsp3) is 0.556. The van der Waals surface area contributed by atoms with Gasteiger partial charge in [-0.15, -0.1) is 6.42 Å². The molecule has 0 atom stereocenters. The topological polar surface area (TPSA) is 42.7 Å². The molecule has 4 nitrogen and oxygen atoms in total. The van der Waals surface area contributed by atoms with E-state index in [4.69, 9.17) is 6.42 Å². The number of nitrogens with one attached hydrogen (secondary N) is 1. The minimum absolute atomic E-state index is 0.568. The van der Waals surface area contributed by atoms with Crippen LogP contribution in [0.5, 0.6) is 0 Å². The third-order valence-electron chi connectivity index (χ3n) is 1.64. The minimum Gasteiger partial charge on any atom is -0.299 e. The van der Waals surface area contributed by atoms with E-state index in [1.807, 2.05) is 4.68 Å². The average Bonchev–Trinajstić information content (AvgIpc) is 2.54. The predicted molar refractivity (Wildman–Crippen MR) is 50.9 cm³/mol. The number of nitrogens with zero attached hydrogens (tertiary/aromatic N) is 3. The first-order valence-electron chi connectivity index (χ1n) is 4.39. The molecule has 0 spiro atoms. The van der Waals surface area contributed by atoms with Gasteiger partial charge in [-0.1, -0.05) is 12.8 Å². The highest BCUT2D eigenvalue weighted by atomic mass is 15.3. The van der Waals surface area contributed by atoms with Gasteiger partial charge in [0.15, 0.2) is 0 Å². The molecule has 1 heterocycles. The summed E-state index contributed by atoms with van der Waals surface area (Å²) in [4.78, 5) is 4.13. The Balaban J connectivity index is 2.46. The van der Waals surface area contributed by atoms with Crippen LogP contribution in [0.25, 0.3) is 0 Å². The number of aryl methyl sites for hydroxylation is 1. The SMILES string of the molecule is C#CCNCc1ncnn1CCC. The van der Waals surface area contributed by atoms with Gasteiger partial charge in [0.25, 0.3) is 0 Å². The van der Waals surface area contributed by atoms with E-state index >= 15 is 0 Å². The number of hydrogen-bond donors (Lipinski definition) is 1. The van der Waals surface area contributed by atoms with Gasteiger partial charge >= 0.3 is 0 Å². The van der Waals surface area contributed by atoms with Crippen molar-refractivity contribution < 1.29 is 0 Å². The number of terminal acetylenes is 1. The fourth-order valence-electron chi connectivity index (χ4n) is 1.07. The monoisotopic (exact) mass is 178 g/mol. The maximum absolute atomic E-state index is 5.11. The summed E-state index contributed by atoms with van der Waals surface area (Å²) in [6.07, 6.45) is 7.74. The van der Waals surface area contributed by atoms with Gasteiger partial charge in [0, 0.05) is 6.54 Å². The molecule has 1 aromatic rings. The van der Waals surface area contributed by atoms with Gasteiger partial charge in [-0.3, -0.25) is 5.32 Å². The van der Waals surface area contributed by atoms with Crippen molar-refractivity contribution in [3.05, 3.63) is 12.2 Å². The van der Waals surface area contributed by atoms with E-state index in [0.29, 0.717) is 13.1 Å². The van der Waals surface area contributed by atoms with Crippen LogP contribution in [0.3, 0.4) is 0 Å². The normalized spacial score (nSPS) is 9.85. The molecule has 0 aliphatic heterocycles. The van der Waals surface area contributed by atoms with E-state index < -0.39 is 0 Å². The minimum atomic E-state index is 0.568. The van der Waals surface area contributed by atoms with E-state index in [9.17, 15) is 0 Å². The summed E-state index contributed by atoms with van der Waals surface area (Å²) >= 11 is 0. The summed E-state index contributed by atoms with van der Waals surface area (Å²) in [6.45, 7) is 4.27.